The summed E-state index contributed by atoms with van der Waals surface area (Å²) in [5.41, 5.74) is -0.517. The first-order valence-electron chi connectivity index (χ1n) is 6.85. The molecule has 2 N–H and O–H groups in total. The zero-order valence-electron chi connectivity index (χ0n) is 11.0. The highest BCUT2D eigenvalue weighted by molar-refractivity contribution is 5.94. The van der Waals surface area contributed by atoms with Crippen molar-refractivity contribution < 1.29 is 14.3 Å². The van der Waals surface area contributed by atoms with Crippen LogP contribution in [0.2, 0.25) is 0 Å². The Morgan fingerprint density at radius 1 is 1.26 bits per heavy atom. The van der Waals surface area contributed by atoms with Gasteiger partial charge in [-0.15, -0.1) is 0 Å². The fraction of sp³-hybridized carbons (Fsp3) is 0.533. The fourth-order valence-electron chi connectivity index (χ4n) is 2.54. The molecule has 0 aromatic heterocycles. The molecule has 1 saturated carbocycles. The lowest BCUT2D eigenvalue weighted by atomic mass is 9.94. The van der Waals surface area contributed by atoms with Gasteiger partial charge in [0.05, 0.1) is 5.60 Å². The van der Waals surface area contributed by atoms with E-state index in [4.69, 9.17) is 0 Å². The second kappa shape index (κ2) is 6.15. The van der Waals surface area contributed by atoms with Crippen LogP contribution in [0.5, 0.6) is 0 Å². The predicted octanol–water partition coefficient (Wildman–Crippen LogP) is 2.64. The van der Waals surface area contributed by atoms with Crippen molar-refractivity contribution in [2.75, 3.05) is 6.54 Å². The summed E-state index contributed by atoms with van der Waals surface area (Å²) in [4.78, 5) is 11.9. The molecule has 1 fully saturated rings. The molecule has 0 saturated heterocycles. The van der Waals surface area contributed by atoms with Crippen LogP contribution in [0, 0.1) is 5.82 Å². The Morgan fingerprint density at radius 2 is 1.95 bits per heavy atom. The van der Waals surface area contributed by atoms with Crippen LogP contribution in [0.1, 0.15) is 48.9 Å². The molecule has 1 aromatic carbocycles. The van der Waals surface area contributed by atoms with E-state index >= 15 is 0 Å². The van der Waals surface area contributed by atoms with Crippen LogP contribution in [-0.2, 0) is 0 Å². The summed E-state index contributed by atoms with van der Waals surface area (Å²) in [6.45, 7) is 0.238. The number of amides is 1. The van der Waals surface area contributed by atoms with E-state index in [0.29, 0.717) is 0 Å². The Hall–Kier alpha value is -1.42. The minimum Gasteiger partial charge on any atom is -0.388 e. The van der Waals surface area contributed by atoms with Crippen LogP contribution < -0.4 is 5.32 Å². The van der Waals surface area contributed by atoms with Gasteiger partial charge in [0, 0.05) is 12.1 Å². The Morgan fingerprint density at radius 3 is 2.58 bits per heavy atom. The lowest BCUT2D eigenvalue weighted by molar-refractivity contribution is 0.0246. The quantitative estimate of drug-likeness (QED) is 0.825. The zero-order valence-corrected chi connectivity index (χ0v) is 11.0. The maximum absolute atomic E-state index is 13.0. The van der Waals surface area contributed by atoms with E-state index in [1.165, 1.54) is 18.2 Å². The minimum atomic E-state index is -0.806. The average molecular weight is 265 g/mol. The number of hydrogen-bond acceptors (Lipinski definition) is 2. The average Bonchev–Trinajstić information content (AvgIpc) is 2.61. The van der Waals surface area contributed by atoms with E-state index in [2.05, 4.69) is 5.32 Å². The van der Waals surface area contributed by atoms with Gasteiger partial charge in [0.25, 0.3) is 5.91 Å². The van der Waals surface area contributed by atoms with E-state index in [9.17, 15) is 14.3 Å². The topological polar surface area (TPSA) is 49.3 Å². The maximum atomic E-state index is 13.0. The second-order valence-corrected chi connectivity index (χ2v) is 5.33. The van der Waals surface area contributed by atoms with E-state index in [0.717, 1.165) is 38.5 Å². The molecule has 1 amide bonds. The van der Waals surface area contributed by atoms with Gasteiger partial charge in [0.15, 0.2) is 0 Å². The van der Waals surface area contributed by atoms with Crippen LogP contribution in [0.15, 0.2) is 24.3 Å². The first-order chi connectivity index (χ1) is 9.09. The summed E-state index contributed by atoms with van der Waals surface area (Å²) in [7, 11) is 0. The van der Waals surface area contributed by atoms with E-state index in [-0.39, 0.29) is 18.0 Å². The van der Waals surface area contributed by atoms with Crippen molar-refractivity contribution in [1.82, 2.24) is 5.32 Å². The fourth-order valence-corrected chi connectivity index (χ4v) is 2.54. The third-order valence-electron chi connectivity index (χ3n) is 3.70. The second-order valence-electron chi connectivity index (χ2n) is 5.33. The third kappa shape index (κ3) is 4.03. The summed E-state index contributed by atoms with van der Waals surface area (Å²) in [5, 5.41) is 13.1. The Balaban J connectivity index is 1.92. The van der Waals surface area contributed by atoms with Gasteiger partial charge in [-0.2, -0.15) is 0 Å². The summed E-state index contributed by atoms with van der Waals surface area (Å²) in [5.74, 6) is -0.766. The first kappa shape index (κ1) is 14.0. The number of benzene rings is 1. The number of halogens is 1. The Kier molecular flexibility index (Phi) is 4.53. The molecule has 1 aliphatic carbocycles. The van der Waals surface area contributed by atoms with Crippen LogP contribution in [0.4, 0.5) is 4.39 Å². The van der Waals surface area contributed by atoms with Crippen LogP contribution in [0.25, 0.3) is 0 Å². The number of rotatable bonds is 3. The standard InChI is InChI=1S/C15H20FNO2/c16-13-7-5-6-12(10-13)14(18)17-11-15(19)8-3-1-2-4-9-15/h5-7,10,19H,1-4,8-9,11H2,(H,17,18). The smallest absolute Gasteiger partial charge is 0.251 e. The molecular weight excluding hydrogens is 245 g/mol. The van der Waals surface area contributed by atoms with Crippen molar-refractivity contribution in [2.45, 2.75) is 44.1 Å². The van der Waals surface area contributed by atoms with Crippen molar-refractivity contribution in [3.8, 4) is 0 Å². The van der Waals surface area contributed by atoms with Gasteiger partial charge >= 0.3 is 0 Å². The van der Waals surface area contributed by atoms with Crippen LogP contribution in [-0.4, -0.2) is 23.2 Å². The predicted molar refractivity (Wildman–Crippen MR) is 71.4 cm³/mol. The molecule has 1 aliphatic rings. The summed E-state index contributed by atoms with van der Waals surface area (Å²) < 4.78 is 13.0. The molecule has 0 atom stereocenters. The highest BCUT2D eigenvalue weighted by atomic mass is 19.1. The Labute approximate surface area is 112 Å². The molecule has 104 valence electrons. The van der Waals surface area contributed by atoms with E-state index in [1.54, 1.807) is 6.07 Å². The summed E-state index contributed by atoms with van der Waals surface area (Å²) >= 11 is 0. The highest BCUT2D eigenvalue weighted by Gasteiger charge is 2.28. The molecular formula is C15H20FNO2. The normalized spacial score (nSPS) is 18.6. The maximum Gasteiger partial charge on any atom is 0.251 e. The number of carbonyl (C=O) groups is 1. The minimum absolute atomic E-state index is 0.238. The molecule has 0 unspecified atom stereocenters. The van der Waals surface area contributed by atoms with Crippen molar-refractivity contribution in [3.05, 3.63) is 35.6 Å². The highest BCUT2D eigenvalue weighted by Crippen LogP contribution is 2.26. The number of carbonyl (C=O) groups excluding carboxylic acids is 1. The SMILES string of the molecule is O=C(NCC1(O)CCCCCC1)c1cccc(F)c1. The molecule has 0 radical (unpaired) electrons. The Bertz CT molecular complexity index is 440. The van der Waals surface area contributed by atoms with Gasteiger partial charge in [0.1, 0.15) is 5.82 Å². The molecule has 2 rings (SSSR count). The summed E-state index contributed by atoms with van der Waals surface area (Å²) in [6.07, 6.45) is 5.70. The lowest BCUT2D eigenvalue weighted by Crippen LogP contribution is -2.42. The van der Waals surface area contributed by atoms with Crippen molar-refractivity contribution in [2.24, 2.45) is 0 Å². The third-order valence-corrected chi connectivity index (χ3v) is 3.70. The number of hydrogen-bond donors (Lipinski definition) is 2. The number of aliphatic hydroxyl groups is 1. The van der Waals surface area contributed by atoms with Gasteiger partial charge in [0.2, 0.25) is 0 Å². The largest absolute Gasteiger partial charge is 0.388 e. The van der Waals surface area contributed by atoms with Gasteiger partial charge in [-0.1, -0.05) is 31.7 Å². The van der Waals surface area contributed by atoms with Crippen molar-refractivity contribution in [1.29, 1.82) is 0 Å². The molecule has 0 spiro atoms. The molecule has 19 heavy (non-hydrogen) atoms. The van der Waals surface area contributed by atoms with Gasteiger partial charge in [-0.3, -0.25) is 4.79 Å². The van der Waals surface area contributed by atoms with Crippen molar-refractivity contribution in [3.63, 3.8) is 0 Å². The molecule has 0 bridgehead atoms. The van der Waals surface area contributed by atoms with Crippen LogP contribution in [0.3, 0.4) is 0 Å². The first-order valence-corrected chi connectivity index (χ1v) is 6.85. The van der Waals surface area contributed by atoms with Crippen LogP contribution >= 0.6 is 0 Å². The van der Waals surface area contributed by atoms with E-state index in [1.807, 2.05) is 0 Å². The number of nitrogens with one attached hydrogen (secondary N) is 1. The van der Waals surface area contributed by atoms with Gasteiger partial charge in [-0.25, -0.2) is 4.39 Å². The van der Waals surface area contributed by atoms with Gasteiger partial charge in [-0.05, 0) is 31.0 Å². The zero-order chi connectivity index (χ0) is 13.7. The molecule has 4 heteroatoms. The van der Waals surface area contributed by atoms with Crippen molar-refractivity contribution >= 4 is 5.91 Å². The molecule has 1 aromatic rings. The summed E-state index contributed by atoms with van der Waals surface area (Å²) in [6, 6.07) is 5.57. The molecule has 0 aliphatic heterocycles. The monoisotopic (exact) mass is 265 g/mol. The lowest BCUT2D eigenvalue weighted by Gasteiger charge is -2.26. The van der Waals surface area contributed by atoms with Gasteiger partial charge < -0.3 is 10.4 Å². The molecule has 3 nitrogen and oxygen atoms in total. The van der Waals surface area contributed by atoms with E-state index < -0.39 is 11.4 Å². The molecule has 0 heterocycles.